The number of aliphatic hydroxyl groups is 4. The van der Waals surface area contributed by atoms with Crippen LogP contribution in [0.4, 0.5) is 0 Å². The third kappa shape index (κ3) is 2.98. The average molecular weight is 344 g/mol. The predicted molar refractivity (Wildman–Crippen MR) is 79.3 cm³/mol. The van der Waals surface area contributed by atoms with Crippen LogP contribution in [0, 0.1) is 17.8 Å². The monoisotopic (exact) mass is 344 g/mol. The van der Waals surface area contributed by atoms with E-state index in [1.165, 1.54) is 6.26 Å². The first-order chi connectivity index (χ1) is 11.5. The van der Waals surface area contributed by atoms with E-state index in [0.29, 0.717) is 5.57 Å². The van der Waals surface area contributed by atoms with Crippen molar-refractivity contribution in [2.24, 2.45) is 17.8 Å². The summed E-state index contributed by atoms with van der Waals surface area (Å²) < 4.78 is 16.6. The summed E-state index contributed by atoms with van der Waals surface area (Å²) >= 11 is 0. The van der Waals surface area contributed by atoms with Crippen LogP contribution >= 0.6 is 0 Å². The van der Waals surface area contributed by atoms with E-state index in [0.717, 1.165) is 19.1 Å². The topological polar surface area (TPSA) is 126 Å². The van der Waals surface area contributed by atoms with Gasteiger partial charge in [0.1, 0.15) is 30.7 Å². The zero-order chi connectivity index (χ0) is 17.4. The highest BCUT2D eigenvalue weighted by molar-refractivity contribution is 5.74. The largest absolute Gasteiger partial charge is 0.472 e. The third-order valence-corrected chi connectivity index (χ3v) is 5.39. The molecule has 4 N–H and O–H groups in total. The van der Waals surface area contributed by atoms with Crippen LogP contribution in [-0.4, -0.2) is 70.3 Å². The van der Waals surface area contributed by atoms with Crippen LogP contribution in [0.2, 0.25) is 0 Å². The predicted octanol–water partition coefficient (Wildman–Crippen LogP) is -1.10. The van der Waals surface area contributed by atoms with Crippen LogP contribution < -0.4 is 0 Å². The number of ether oxygens (including phenoxy) is 3. The van der Waals surface area contributed by atoms with Crippen LogP contribution in [0.5, 0.6) is 0 Å². The molecule has 0 radical (unpaired) electrons. The fourth-order valence-electron chi connectivity index (χ4n) is 3.94. The summed E-state index contributed by atoms with van der Waals surface area (Å²) in [4.78, 5) is 11.2. The van der Waals surface area contributed by atoms with Gasteiger partial charge in [-0.15, -0.1) is 0 Å². The third-order valence-electron chi connectivity index (χ3n) is 5.39. The first kappa shape index (κ1) is 17.8. The van der Waals surface area contributed by atoms with Crippen molar-refractivity contribution >= 4 is 6.29 Å². The van der Waals surface area contributed by atoms with Gasteiger partial charge in [0.15, 0.2) is 6.29 Å². The van der Waals surface area contributed by atoms with Gasteiger partial charge in [-0.2, -0.15) is 0 Å². The molecule has 1 saturated carbocycles. The maximum atomic E-state index is 11.2. The Hall–Kier alpha value is -1.03. The Labute approximate surface area is 139 Å². The number of aldehydes is 1. The number of aliphatic hydroxyl groups excluding tert-OH is 4. The summed E-state index contributed by atoms with van der Waals surface area (Å²) in [5.74, 6) is 0.220. The van der Waals surface area contributed by atoms with Crippen LogP contribution in [0.25, 0.3) is 0 Å². The molecule has 0 bridgehead atoms. The van der Waals surface area contributed by atoms with Crippen molar-refractivity contribution in [1.82, 2.24) is 0 Å². The van der Waals surface area contributed by atoms with Gasteiger partial charge in [0.05, 0.1) is 12.9 Å². The molecule has 136 valence electrons. The zero-order valence-electron chi connectivity index (χ0n) is 13.4. The van der Waals surface area contributed by atoms with Gasteiger partial charge in [0, 0.05) is 11.5 Å². The fraction of sp³-hybridized carbons (Fsp3) is 0.812. The number of carbonyl (C=O) groups is 1. The minimum Gasteiger partial charge on any atom is -0.472 e. The highest BCUT2D eigenvalue weighted by Gasteiger charge is 2.49. The van der Waals surface area contributed by atoms with Crippen LogP contribution in [0.15, 0.2) is 11.8 Å². The first-order valence-corrected chi connectivity index (χ1v) is 8.24. The molecule has 8 heteroatoms. The standard InChI is InChI=1S/C16H24O8/c1-7-2-3-9-8(4-17)6-22-15(11(7)9)24-16-14(21)13(20)12(19)10(5-18)23-16/h4,6-7,9-16,18-21H,2-3,5H2,1H3/t7-,9-,10-,11-,12-,13+,14-,15+,16+/m1/s1. The Morgan fingerprint density at radius 2 is 1.96 bits per heavy atom. The van der Waals surface area contributed by atoms with E-state index in [9.17, 15) is 25.2 Å². The lowest BCUT2D eigenvalue weighted by Crippen LogP contribution is -2.60. The fourth-order valence-corrected chi connectivity index (χ4v) is 3.94. The molecular formula is C16H24O8. The molecule has 0 spiro atoms. The van der Waals surface area contributed by atoms with Crippen LogP contribution in [0.3, 0.4) is 0 Å². The van der Waals surface area contributed by atoms with Gasteiger partial charge in [-0.05, 0) is 24.7 Å². The Bertz CT molecular complexity index is 492. The van der Waals surface area contributed by atoms with E-state index in [2.05, 4.69) is 0 Å². The summed E-state index contributed by atoms with van der Waals surface area (Å²) in [6.07, 6.45) is -3.47. The van der Waals surface area contributed by atoms with Crippen LogP contribution in [0.1, 0.15) is 19.8 Å². The van der Waals surface area contributed by atoms with E-state index in [-0.39, 0.29) is 17.8 Å². The molecule has 8 nitrogen and oxygen atoms in total. The molecular weight excluding hydrogens is 320 g/mol. The van der Waals surface area contributed by atoms with Gasteiger partial charge < -0.3 is 34.6 Å². The van der Waals surface area contributed by atoms with E-state index < -0.39 is 43.6 Å². The lowest BCUT2D eigenvalue weighted by atomic mass is 9.84. The average Bonchev–Trinajstić information content (AvgIpc) is 2.98. The number of hydrogen-bond donors (Lipinski definition) is 4. The second kappa shape index (κ2) is 7.07. The normalized spacial score (nSPS) is 48.4. The van der Waals surface area contributed by atoms with Gasteiger partial charge in [0.2, 0.25) is 6.29 Å². The van der Waals surface area contributed by atoms with Crippen molar-refractivity contribution in [2.75, 3.05) is 6.61 Å². The molecule has 0 unspecified atom stereocenters. The van der Waals surface area contributed by atoms with E-state index in [1.54, 1.807) is 0 Å². The summed E-state index contributed by atoms with van der Waals surface area (Å²) in [7, 11) is 0. The Balaban J connectivity index is 1.75. The molecule has 2 heterocycles. The van der Waals surface area contributed by atoms with Crippen molar-refractivity contribution in [3.63, 3.8) is 0 Å². The molecule has 0 aromatic carbocycles. The second-order valence-electron chi connectivity index (χ2n) is 6.81. The van der Waals surface area contributed by atoms with Crippen LogP contribution in [-0.2, 0) is 19.0 Å². The van der Waals surface area contributed by atoms with Gasteiger partial charge in [-0.1, -0.05) is 6.92 Å². The maximum Gasteiger partial charge on any atom is 0.205 e. The molecule has 2 fully saturated rings. The van der Waals surface area contributed by atoms with Gasteiger partial charge in [-0.3, -0.25) is 4.79 Å². The minimum atomic E-state index is -1.50. The molecule has 1 aliphatic carbocycles. The number of fused-ring (bicyclic) bond motifs is 1. The summed E-state index contributed by atoms with van der Waals surface area (Å²) in [5, 5.41) is 39.0. The van der Waals surface area contributed by atoms with E-state index in [4.69, 9.17) is 14.2 Å². The van der Waals surface area contributed by atoms with Gasteiger partial charge in [0.25, 0.3) is 0 Å². The quantitative estimate of drug-likeness (QED) is 0.474. The molecule has 0 amide bonds. The molecule has 9 atom stereocenters. The molecule has 2 aliphatic heterocycles. The lowest BCUT2D eigenvalue weighted by Gasteiger charge is -2.43. The highest BCUT2D eigenvalue weighted by atomic mass is 16.8. The Morgan fingerprint density at radius 3 is 2.62 bits per heavy atom. The second-order valence-corrected chi connectivity index (χ2v) is 6.81. The summed E-state index contributed by atoms with van der Waals surface area (Å²) in [6.45, 7) is 1.53. The summed E-state index contributed by atoms with van der Waals surface area (Å²) in [6, 6.07) is 0. The van der Waals surface area contributed by atoms with Crippen molar-refractivity contribution in [3.05, 3.63) is 11.8 Å². The number of rotatable bonds is 4. The van der Waals surface area contributed by atoms with E-state index in [1.807, 2.05) is 6.92 Å². The first-order valence-electron chi connectivity index (χ1n) is 8.24. The maximum absolute atomic E-state index is 11.2. The van der Waals surface area contributed by atoms with Crippen molar-refractivity contribution in [3.8, 4) is 0 Å². The molecule has 24 heavy (non-hydrogen) atoms. The molecule has 0 aromatic rings. The number of allylic oxidation sites excluding steroid dienone is 1. The van der Waals surface area contributed by atoms with Crippen molar-refractivity contribution in [1.29, 1.82) is 0 Å². The molecule has 3 aliphatic rings. The van der Waals surface area contributed by atoms with Gasteiger partial charge >= 0.3 is 0 Å². The Kier molecular flexibility index (Phi) is 5.24. The Morgan fingerprint density at radius 1 is 1.21 bits per heavy atom. The molecule has 1 saturated heterocycles. The van der Waals surface area contributed by atoms with Gasteiger partial charge in [-0.25, -0.2) is 0 Å². The zero-order valence-corrected chi connectivity index (χ0v) is 13.4. The summed E-state index contributed by atoms with van der Waals surface area (Å²) in [5.41, 5.74) is 0.595. The smallest absolute Gasteiger partial charge is 0.205 e. The molecule has 0 aromatic heterocycles. The molecule has 3 rings (SSSR count). The number of hydrogen-bond acceptors (Lipinski definition) is 8. The van der Waals surface area contributed by atoms with Crippen molar-refractivity contribution < 1.29 is 39.4 Å². The highest BCUT2D eigenvalue weighted by Crippen LogP contribution is 2.46. The van der Waals surface area contributed by atoms with Crippen molar-refractivity contribution in [2.45, 2.75) is 56.8 Å². The number of carbonyl (C=O) groups excluding carboxylic acids is 1. The minimum absolute atomic E-state index is 0.0288. The lowest BCUT2D eigenvalue weighted by molar-refractivity contribution is -0.342. The SMILES string of the molecule is C[C@@H]1CC[C@@H]2C(C=O)=CO[C@@H](O[C@@H]3O[C@H](CO)[C@@H](O)[C@H](O)[C@H]3O)[C@H]12. The van der Waals surface area contributed by atoms with E-state index >= 15 is 0 Å².